The zero-order valence-electron chi connectivity index (χ0n) is 13.5. The fraction of sp³-hybridized carbons (Fsp3) is 0.867. The lowest BCUT2D eigenvalue weighted by atomic mass is 9.82. The van der Waals surface area contributed by atoms with Crippen molar-refractivity contribution in [1.82, 2.24) is 10.2 Å². The van der Waals surface area contributed by atoms with Gasteiger partial charge in [-0.3, -0.25) is 4.79 Å². The first-order valence-electron chi connectivity index (χ1n) is 7.62. The molecule has 2 amide bonds. The van der Waals surface area contributed by atoms with Crippen LogP contribution in [-0.4, -0.2) is 41.6 Å². The first-order chi connectivity index (χ1) is 9.36. The summed E-state index contributed by atoms with van der Waals surface area (Å²) in [6, 6.07) is -0.166. The second kappa shape index (κ2) is 8.82. The van der Waals surface area contributed by atoms with E-state index in [0.717, 1.165) is 6.42 Å². The van der Waals surface area contributed by atoms with Gasteiger partial charge in [-0.15, -0.1) is 0 Å². The number of amides is 2. The lowest BCUT2D eigenvalue weighted by Gasteiger charge is -2.30. The zero-order valence-corrected chi connectivity index (χ0v) is 13.5. The monoisotopic (exact) mass is 286 g/mol. The summed E-state index contributed by atoms with van der Waals surface area (Å²) in [6.45, 7) is 11.4. The van der Waals surface area contributed by atoms with Gasteiger partial charge in [-0.2, -0.15) is 0 Å². The molecule has 0 radical (unpaired) electrons. The number of hydrogen-bond acceptors (Lipinski definition) is 2. The summed E-state index contributed by atoms with van der Waals surface area (Å²) >= 11 is 0. The highest BCUT2D eigenvalue weighted by atomic mass is 16.4. The molecule has 0 saturated carbocycles. The second-order valence-corrected chi connectivity index (χ2v) is 5.50. The van der Waals surface area contributed by atoms with Crippen molar-refractivity contribution in [3.05, 3.63) is 0 Å². The Morgan fingerprint density at radius 1 is 1.20 bits per heavy atom. The summed E-state index contributed by atoms with van der Waals surface area (Å²) in [5.41, 5.74) is -0.856. The average molecular weight is 286 g/mol. The maximum absolute atomic E-state index is 12.1. The number of nitrogens with zero attached hydrogens (tertiary/aromatic N) is 1. The van der Waals surface area contributed by atoms with E-state index in [-0.39, 0.29) is 12.6 Å². The third-order valence-corrected chi connectivity index (χ3v) is 4.28. The maximum Gasteiger partial charge on any atom is 0.317 e. The van der Waals surface area contributed by atoms with E-state index in [9.17, 15) is 14.7 Å². The summed E-state index contributed by atoms with van der Waals surface area (Å²) in [7, 11) is 0. The van der Waals surface area contributed by atoms with Crippen molar-refractivity contribution < 1.29 is 14.7 Å². The van der Waals surface area contributed by atoms with Crippen molar-refractivity contribution in [2.45, 2.75) is 53.9 Å². The number of carboxylic acids is 1. The molecule has 0 rings (SSSR count). The van der Waals surface area contributed by atoms with E-state index in [1.165, 1.54) is 0 Å². The largest absolute Gasteiger partial charge is 0.481 e. The molecule has 0 aromatic heterocycles. The van der Waals surface area contributed by atoms with Crippen LogP contribution in [0.25, 0.3) is 0 Å². The Bertz CT molecular complexity index is 314. The van der Waals surface area contributed by atoms with Gasteiger partial charge in [0.2, 0.25) is 0 Å². The lowest BCUT2D eigenvalue weighted by molar-refractivity contribution is -0.149. The fourth-order valence-corrected chi connectivity index (χ4v) is 2.10. The molecule has 0 spiro atoms. The highest BCUT2D eigenvalue weighted by Crippen LogP contribution is 2.25. The van der Waals surface area contributed by atoms with Crippen LogP contribution in [-0.2, 0) is 4.79 Å². The first-order valence-corrected chi connectivity index (χ1v) is 7.62. The van der Waals surface area contributed by atoms with E-state index in [2.05, 4.69) is 19.2 Å². The van der Waals surface area contributed by atoms with E-state index in [1.807, 2.05) is 20.8 Å². The molecule has 0 aliphatic heterocycles. The molecule has 2 N–H and O–H groups in total. The molecule has 5 nitrogen and oxygen atoms in total. The highest BCUT2D eigenvalue weighted by Gasteiger charge is 2.35. The molecular formula is C15H30N2O3. The minimum Gasteiger partial charge on any atom is -0.481 e. The van der Waals surface area contributed by atoms with Crippen LogP contribution in [0.3, 0.4) is 0 Å². The van der Waals surface area contributed by atoms with Crippen LogP contribution in [0.1, 0.15) is 53.9 Å². The van der Waals surface area contributed by atoms with E-state index < -0.39 is 11.4 Å². The van der Waals surface area contributed by atoms with Crippen LogP contribution >= 0.6 is 0 Å². The molecule has 5 heteroatoms. The topological polar surface area (TPSA) is 69.6 Å². The molecule has 1 atom stereocenters. The van der Waals surface area contributed by atoms with Gasteiger partial charge in [0.05, 0.1) is 5.41 Å². The van der Waals surface area contributed by atoms with Gasteiger partial charge in [0.15, 0.2) is 0 Å². The fourth-order valence-electron chi connectivity index (χ4n) is 2.10. The Kier molecular flexibility index (Phi) is 8.26. The highest BCUT2D eigenvalue weighted by molar-refractivity contribution is 5.78. The van der Waals surface area contributed by atoms with Gasteiger partial charge < -0.3 is 15.3 Å². The van der Waals surface area contributed by atoms with Gasteiger partial charge >= 0.3 is 12.0 Å². The first kappa shape index (κ1) is 18.7. The molecule has 20 heavy (non-hydrogen) atoms. The Morgan fingerprint density at radius 2 is 1.75 bits per heavy atom. The minimum absolute atomic E-state index is 0.166. The molecule has 0 aromatic rings. The smallest absolute Gasteiger partial charge is 0.317 e. The summed E-state index contributed by atoms with van der Waals surface area (Å²) in [5.74, 6) is -0.393. The number of aliphatic carboxylic acids is 1. The van der Waals surface area contributed by atoms with Crippen molar-refractivity contribution in [2.24, 2.45) is 11.3 Å². The third-order valence-electron chi connectivity index (χ3n) is 4.28. The molecule has 1 unspecified atom stereocenters. The van der Waals surface area contributed by atoms with Gasteiger partial charge in [-0.1, -0.05) is 34.1 Å². The van der Waals surface area contributed by atoms with E-state index in [0.29, 0.717) is 31.8 Å². The normalized spacial score (nSPS) is 12.8. The number of rotatable bonds is 9. The molecule has 0 saturated heterocycles. The van der Waals surface area contributed by atoms with Gasteiger partial charge in [-0.25, -0.2) is 4.79 Å². The summed E-state index contributed by atoms with van der Waals surface area (Å²) < 4.78 is 0. The molecular weight excluding hydrogens is 256 g/mol. The molecule has 0 aromatic carbocycles. The standard InChI is InChI=1S/C15H30N2O3/c1-6-12(5)10-17(9-4)14(20)16-11-15(7-2,8-3)13(18)19/h12H,6-11H2,1-5H3,(H,16,20)(H,18,19). The summed E-state index contributed by atoms with van der Waals surface area (Å²) in [6.07, 6.45) is 2.04. The van der Waals surface area contributed by atoms with E-state index in [1.54, 1.807) is 4.90 Å². The predicted octanol–water partition coefficient (Wildman–Crippen LogP) is 2.96. The van der Waals surface area contributed by atoms with Crippen LogP contribution in [0, 0.1) is 11.3 Å². The number of nitrogens with one attached hydrogen (secondary N) is 1. The molecule has 0 aliphatic carbocycles. The molecule has 0 bridgehead atoms. The third kappa shape index (κ3) is 5.02. The maximum atomic E-state index is 12.1. The van der Waals surface area contributed by atoms with Crippen molar-refractivity contribution in [1.29, 1.82) is 0 Å². The molecule has 0 heterocycles. The lowest BCUT2D eigenvalue weighted by Crippen LogP contribution is -2.48. The number of carbonyl (C=O) groups excluding carboxylic acids is 1. The SMILES string of the molecule is CCC(C)CN(CC)C(=O)NCC(CC)(CC)C(=O)O. The van der Waals surface area contributed by atoms with Crippen LogP contribution in [0.15, 0.2) is 0 Å². The van der Waals surface area contributed by atoms with E-state index in [4.69, 9.17) is 0 Å². The second-order valence-electron chi connectivity index (χ2n) is 5.50. The van der Waals surface area contributed by atoms with Crippen molar-refractivity contribution >= 4 is 12.0 Å². The van der Waals surface area contributed by atoms with Crippen LogP contribution in [0.4, 0.5) is 4.79 Å². The Morgan fingerprint density at radius 3 is 2.10 bits per heavy atom. The number of hydrogen-bond donors (Lipinski definition) is 2. The van der Waals surface area contributed by atoms with Gasteiger partial charge in [0.1, 0.15) is 0 Å². The summed E-state index contributed by atoms with van der Waals surface area (Å²) in [4.78, 5) is 25.3. The predicted molar refractivity (Wildman–Crippen MR) is 80.8 cm³/mol. The van der Waals surface area contributed by atoms with Gasteiger partial charge in [0, 0.05) is 19.6 Å². The summed E-state index contributed by atoms with van der Waals surface area (Å²) in [5, 5.41) is 12.1. The Labute approximate surface area is 122 Å². The number of carboxylic acid groups (broad SMARTS) is 1. The van der Waals surface area contributed by atoms with Crippen molar-refractivity contribution in [2.75, 3.05) is 19.6 Å². The Balaban J connectivity index is 4.61. The van der Waals surface area contributed by atoms with Gasteiger partial charge in [0.25, 0.3) is 0 Å². The molecule has 0 fully saturated rings. The minimum atomic E-state index is -0.856. The number of urea groups is 1. The van der Waals surface area contributed by atoms with Crippen molar-refractivity contribution in [3.63, 3.8) is 0 Å². The molecule has 118 valence electrons. The van der Waals surface area contributed by atoms with Gasteiger partial charge in [-0.05, 0) is 25.7 Å². The van der Waals surface area contributed by atoms with Crippen LogP contribution in [0.5, 0.6) is 0 Å². The zero-order chi connectivity index (χ0) is 15.8. The Hall–Kier alpha value is -1.26. The average Bonchev–Trinajstić information content (AvgIpc) is 2.45. The van der Waals surface area contributed by atoms with E-state index >= 15 is 0 Å². The quantitative estimate of drug-likeness (QED) is 0.684. The van der Waals surface area contributed by atoms with Crippen molar-refractivity contribution in [3.8, 4) is 0 Å². The van der Waals surface area contributed by atoms with Crippen LogP contribution < -0.4 is 5.32 Å². The molecule has 0 aliphatic rings. The number of carbonyl (C=O) groups is 2. The van der Waals surface area contributed by atoms with Crippen LogP contribution in [0.2, 0.25) is 0 Å².